The molecular formula is C26H32N4O2S. The second kappa shape index (κ2) is 11.4. The molecule has 0 saturated carbocycles. The van der Waals surface area contributed by atoms with Gasteiger partial charge in [-0.05, 0) is 50.6 Å². The van der Waals surface area contributed by atoms with Crippen LogP contribution < -0.4 is 14.8 Å². The first kappa shape index (κ1) is 23.4. The van der Waals surface area contributed by atoms with Crippen molar-refractivity contribution in [1.29, 1.82) is 0 Å². The van der Waals surface area contributed by atoms with Crippen LogP contribution in [0.1, 0.15) is 64.7 Å². The van der Waals surface area contributed by atoms with Gasteiger partial charge in [-0.3, -0.25) is 0 Å². The second-order valence-electron chi connectivity index (χ2n) is 8.43. The van der Waals surface area contributed by atoms with E-state index < -0.39 is 6.23 Å². The van der Waals surface area contributed by atoms with E-state index in [-0.39, 0.29) is 6.10 Å². The Bertz CT molecular complexity index is 1040. The van der Waals surface area contributed by atoms with E-state index in [2.05, 4.69) is 22.4 Å². The van der Waals surface area contributed by atoms with Crippen LogP contribution in [-0.4, -0.2) is 27.0 Å². The molecule has 2 heterocycles. The van der Waals surface area contributed by atoms with Gasteiger partial charge in [0.2, 0.25) is 11.0 Å². The second-order valence-corrected chi connectivity index (χ2v) is 9.50. The average molecular weight is 465 g/mol. The summed E-state index contributed by atoms with van der Waals surface area (Å²) in [7, 11) is 0. The maximum atomic E-state index is 6.37. The Hall–Kier alpha value is -2.80. The van der Waals surface area contributed by atoms with Gasteiger partial charge >= 0.3 is 0 Å². The van der Waals surface area contributed by atoms with Crippen LogP contribution in [0.15, 0.2) is 53.7 Å². The zero-order valence-electron chi connectivity index (χ0n) is 19.6. The maximum absolute atomic E-state index is 6.37. The molecule has 1 aliphatic rings. The molecule has 0 aliphatic carbocycles. The molecule has 0 bridgehead atoms. The van der Waals surface area contributed by atoms with Crippen LogP contribution >= 0.6 is 11.8 Å². The van der Waals surface area contributed by atoms with Crippen molar-refractivity contribution in [2.24, 2.45) is 0 Å². The lowest BCUT2D eigenvalue weighted by Gasteiger charge is -2.20. The van der Waals surface area contributed by atoms with Crippen molar-refractivity contribution in [2.75, 3.05) is 11.1 Å². The van der Waals surface area contributed by atoms with Crippen molar-refractivity contribution in [3.8, 4) is 22.9 Å². The molecule has 0 radical (unpaired) electrons. The fraction of sp³-hybridized carbons (Fsp3) is 0.423. The predicted molar refractivity (Wildman–Crippen MR) is 134 cm³/mol. The first-order valence-electron chi connectivity index (χ1n) is 11.8. The number of para-hydroxylation sites is 1. The summed E-state index contributed by atoms with van der Waals surface area (Å²) in [6.45, 7) is 6.27. The number of hydrogen-bond donors (Lipinski definition) is 1. The third-order valence-corrected chi connectivity index (χ3v) is 6.29. The smallest absolute Gasteiger partial charge is 0.247 e. The summed E-state index contributed by atoms with van der Waals surface area (Å²) in [5.41, 5.74) is 3.52. The largest absolute Gasteiger partial charge is 0.491 e. The average Bonchev–Trinajstić information content (AvgIpc) is 2.98. The van der Waals surface area contributed by atoms with E-state index in [1.54, 1.807) is 11.8 Å². The molecule has 0 amide bonds. The van der Waals surface area contributed by atoms with Crippen molar-refractivity contribution in [3.05, 3.63) is 54.1 Å². The van der Waals surface area contributed by atoms with Crippen LogP contribution in [0, 0.1) is 0 Å². The van der Waals surface area contributed by atoms with Crippen molar-refractivity contribution in [3.63, 3.8) is 0 Å². The van der Waals surface area contributed by atoms with Crippen LogP contribution in [0.2, 0.25) is 0 Å². The van der Waals surface area contributed by atoms with E-state index in [0.717, 1.165) is 34.7 Å². The number of nitrogens with zero attached hydrogens (tertiary/aromatic N) is 3. The van der Waals surface area contributed by atoms with Gasteiger partial charge in [0, 0.05) is 22.6 Å². The lowest BCUT2D eigenvalue weighted by molar-refractivity contribution is 0.224. The van der Waals surface area contributed by atoms with Gasteiger partial charge in [-0.25, -0.2) is 0 Å². The van der Waals surface area contributed by atoms with Gasteiger partial charge in [-0.2, -0.15) is 4.98 Å². The molecule has 3 aromatic rings. The topological polar surface area (TPSA) is 69.2 Å². The highest BCUT2D eigenvalue weighted by atomic mass is 32.2. The molecule has 0 fully saturated rings. The Morgan fingerprint density at radius 3 is 2.58 bits per heavy atom. The molecule has 6 nitrogen and oxygen atoms in total. The number of thioether (sulfide) groups is 1. The molecule has 1 aromatic heterocycles. The molecule has 174 valence electrons. The highest BCUT2D eigenvalue weighted by molar-refractivity contribution is 7.99. The fourth-order valence-electron chi connectivity index (χ4n) is 3.72. The molecular weight excluding hydrogens is 432 g/mol. The fourth-order valence-corrected chi connectivity index (χ4v) is 4.50. The molecule has 1 unspecified atom stereocenters. The minimum Gasteiger partial charge on any atom is -0.491 e. The summed E-state index contributed by atoms with van der Waals surface area (Å²) >= 11 is 1.64. The molecule has 7 heteroatoms. The SMILES string of the molecule is CCCCCCCSc1nnc2c(n1)OC(c1ccc(OC(C)C)cc1)Nc1ccccc1-2. The molecule has 1 atom stereocenters. The van der Waals surface area contributed by atoms with Gasteiger partial charge in [-0.1, -0.05) is 62.6 Å². The molecule has 0 spiro atoms. The van der Waals surface area contributed by atoms with Crippen molar-refractivity contribution in [2.45, 2.75) is 70.4 Å². The Morgan fingerprint density at radius 2 is 1.79 bits per heavy atom. The van der Waals surface area contributed by atoms with E-state index >= 15 is 0 Å². The summed E-state index contributed by atoms with van der Waals surface area (Å²) in [6, 6.07) is 16.0. The minimum atomic E-state index is -0.399. The number of nitrogens with one attached hydrogen (secondary N) is 1. The predicted octanol–water partition coefficient (Wildman–Crippen LogP) is 6.89. The summed E-state index contributed by atoms with van der Waals surface area (Å²) in [6.07, 6.45) is 5.97. The lowest BCUT2D eigenvalue weighted by atomic mass is 10.1. The van der Waals surface area contributed by atoms with Crippen LogP contribution in [0.3, 0.4) is 0 Å². The number of aromatic nitrogens is 3. The van der Waals surface area contributed by atoms with Crippen molar-refractivity contribution < 1.29 is 9.47 Å². The Kier molecular flexibility index (Phi) is 8.05. The van der Waals surface area contributed by atoms with Crippen LogP contribution in [-0.2, 0) is 0 Å². The number of fused-ring (bicyclic) bond motifs is 3. The zero-order valence-corrected chi connectivity index (χ0v) is 20.4. The monoisotopic (exact) mass is 464 g/mol. The standard InChI is InChI=1S/C26H32N4O2S/c1-4-5-6-7-10-17-33-26-28-25-23(29-30-26)21-11-8-9-12-22(21)27-24(32-25)19-13-15-20(16-14-19)31-18(2)3/h8-9,11-16,18,24,27H,4-7,10,17H2,1-3H3. The first-order chi connectivity index (χ1) is 16.1. The molecule has 2 aromatic carbocycles. The molecule has 4 rings (SSSR count). The number of anilines is 1. The van der Waals surface area contributed by atoms with Gasteiger partial charge in [0.1, 0.15) is 5.75 Å². The highest BCUT2D eigenvalue weighted by Gasteiger charge is 2.26. The zero-order chi connectivity index (χ0) is 23.0. The third-order valence-electron chi connectivity index (χ3n) is 5.37. The Labute approximate surface area is 200 Å². The number of hydrogen-bond acceptors (Lipinski definition) is 7. The van der Waals surface area contributed by atoms with Crippen molar-refractivity contribution >= 4 is 17.4 Å². The summed E-state index contributed by atoms with van der Waals surface area (Å²) in [5.74, 6) is 2.33. The van der Waals surface area contributed by atoms with Gasteiger partial charge < -0.3 is 14.8 Å². The molecule has 1 N–H and O–H groups in total. The highest BCUT2D eigenvalue weighted by Crippen LogP contribution is 2.39. The molecule has 1 aliphatic heterocycles. The van der Waals surface area contributed by atoms with Crippen LogP contribution in [0.5, 0.6) is 11.6 Å². The third kappa shape index (κ3) is 6.16. The van der Waals surface area contributed by atoms with Gasteiger partial charge in [-0.15, -0.1) is 10.2 Å². The summed E-state index contributed by atoms with van der Waals surface area (Å²) in [5, 5.41) is 13.0. The Balaban J connectivity index is 1.54. The molecule has 0 saturated heterocycles. The number of benzene rings is 2. The van der Waals surface area contributed by atoms with Gasteiger partial charge in [0.25, 0.3) is 0 Å². The number of rotatable bonds is 10. The van der Waals surface area contributed by atoms with E-state index in [0.29, 0.717) is 16.7 Å². The van der Waals surface area contributed by atoms with Crippen LogP contribution in [0.4, 0.5) is 5.69 Å². The number of unbranched alkanes of at least 4 members (excludes halogenated alkanes) is 4. The first-order valence-corrected chi connectivity index (χ1v) is 12.8. The van der Waals surface area contributed by atoms with E-state index in [4.69, 9.17) is 14.5 Å². The maximum Gasteiger partial charge on any atom is 0.247 e. The normalized spacial score (nSPS) is 14.6. The van der Waals surface area contributed by atoms with E-state index in [1.807, 2.05) is 62.4 Å². The lowest BCUT2D eigenvalue weighted by Crippen LogP contribution is -2.17. The number of ether oxygens (including phenoxy) is 2. The van der Waals surface area contributed by atoms with Crippen molar-refractivity contribution in [1.82, 2.24) is 15.2 Å². The van der Waals surface area contributed by atoms with E-state index in [9.17, 15) is 0 Å². The molecule has 33 heavy (non-hydrogen) atoms. The summed E-state index contributed by atoms with van der Waals surface area (Å²) < 4.78 is 12.2. The summed E-state index contributed by atoms with van der Waals surface area (Å²) in [4.78, 5) is 4.74. The van der Waals surface area contributed by atoms with Gasteiger partial charge in [0.15, 0.2) is 11.9 Å². The minimum absolute atomic E-state index is 0.132. The van der Waals surface area contributed by atoms with Gasteiger partial charge in [0.05, 0.1) is 6.10 Å². The quantitative estimate of drug-likeness (QED) is 0.259. The van der Waals surface area contributed by atoms with Crippen LogP contribution in [0.25, 0.3) is 11.3 Å². The van der Waals surface area contributed by atoms with E-state index in [1.165, 1.54) is 25.7 Å². The Morgan fingerprint density at radius 1 is 1.00 bits per heavy atom.